The average molecular weight is 312 g/mol. The first kappa shape index (κ1) is 15.1. The van der Waals surface area contributed by atoms with Crippen molar-refractivity contribution in [2.75, 3.05) is 13.2 Å². The van der Waals surface area contributed by atoms with Gasteiger partial charge >= 0.3 is 0 Å². The molecular weight excluding hydrogens is 296 g/mol. The van der Waals surface area contributed by atoms with E-state index in [1.54, 1.807) is 6.92 Å². The summed E-state index contributed by atoms with van der Waals surface area (Å²) < 4.78 is 26.5. The van der Waals surface area contributed by atoms with Crippen LogP contribution in [0, 0.1) is 6.92 Å². The van der Waals surface area contributed by atoms with E-state index in [1.165, 1.54) is 10.5 Å². The first-order valence-corrected chi connectivity index (χ1v) is 8.37. The van der Waals surface area contributed by atoms with E-state index in [2.05, 4.69) is 4.98 Å². The Morgan fingerprint density at radius 2 is 2.00 bits per heavy atom. The lowest BCUT2D eigenvalue weighted by Gasteiger charge is -2.20. The molecule has 0 radical (unpaired) electrons. The van der Waals surface area contributed by atoms with E-state index in [4.69, 9.17) is 5.11 Å². The summed E-state index contributed by atoms with van der Waals surface area (Å²) in [6.07, 6.45) is 1.37. The number of thiazole rings is 1. The van der Waals surface area contributed by atoms with Crippen molar-refractivity contribution in [3.05, 3.63) is 47.1 Å². The van der Waals surface area contributed by atoms with Crippen molar-refractivity contribution in [1.82, 2.24) is 9.29 Å². The van der Waals surface area contributed by atoms with Crippen molar-refractivity contribution >= 4 is 21.4 Å². The third-order valence-corrected chi connectivity index (χ3v) is 5.94. The summed E-state index contributed by atoms with van der Waals surface area (Å²) in [6.45, 7) is 1.84. The maximum atomic E-state index is 12.5. The highest BCUT2D eigenvalue weighted by atomic mass is 32.2. The first-order chi connectivity index (χ1) is 9.54. The summed E-state index contributed by atoms with van der Waals surface area (Å²) in [4.78, 5) is 3.98. The Labute approximate surface area is 122 Å². The van der Waals surface area contributed by atoms with Crippen LogP contribution >= 0.6 is 11.3 Å². The highest BCUT2D eigenvalue weighted by Gasteiger charge is 2.26. The summed E-state index contributed by atoms with van der Waals surface area (Å²) in [5.74, 6) is 0. The van der Waals surface area contributed by atoms with Crippen molar-refractivity contribution in [3.8, 4) is 0 Å². The van der Waals surface area contributed by atoms with Crippen molar-refractivity contribution in [2.45, 2.75) is 17.7 Å². The van der Waals surface area contributed by atoms with Gasteiger partial charge in [-0.25, -0.2) is 13.4 Å². The number of nitrogens with zero attached hydrogens (tertiary/aromatic N) is 2. The third kappa shape index (κ3) is 3.43. The van der Waals surface area contributed by atoms with Gasteiger partial charge in [-0.2, -0.15) is 4.31 Å². The van der Waals surface area contributed by atoms with E-state index in [-0.39, 0.29) is 23.9 Å². The molecule has 0 amide bonds. The zero-order chi connectivity index (χ0) is 14.6. The number of benzene rings is 1. The minimum atomic E-state index is -3.61. The molecule has 0 saturated heterocycles. The Hall–Kier alpha value is -1.28. The van der Waals surface area contributed by atoms with Crippen LogP contribution in [0.5, 0.6) is 0 Å². The largest absolute Gasteiger partial charge is 0.395 e. The molecule has 0 saturated carbocycles. The molecule has 2 aromatic rings. The second kappa shape index (κ2) is 6.45. The zero-order valence-electron chi connectivity index (χ0n) is 11.1. The molecule has 0 fully saturated rings. The van der Waals surface area contributed by atoms with Crippen molar-refractivity contribution in [1.29, 1.82) is 0 Å². The lowest BCUT2D eigenvalue weighted by molar-refractivity contribution is 0.251. The first-order valence-electron chi connectivity index (χ1n) is 6.11. The molecule has 2 rings (SSSR count). The van der Waals surface area contributed by atoms with E-state index >= 15 is 0 Å². The molecular formula is C13H16N2O3S2. The van der Waals surface area contributed by atoms with Crippen molar-refractivity contribution in [2.24, 2.45) is 0 Å². The predicted molar refractivity (Wildman–Crippen MR) is 78.0 cm³/mol. The van der Waals surface area contributed by atoms with Gasteiger partial charge in [-0.1, -0.05) is 30.3 Å². The Bertz CT molecular complexity index is 653. The van der Waals surface area contributed by atoms with Crippen LogP contribution in [0.25, 0.3) is 0 Å². The fourth-order valence-electron chi connectivity index (χ4n) is 1.77. The Kier molecular flexibility index (Phi) is 4.87. The van der Waals surface area contributed by atoms with Crippen LogP contribution < -0.4 is 0 Å². The summed E-state index contributed by atoms with van der Waals surface area (Å²) >= 11 is 1.14. The summed E-state index contributed by atoms with van der Waals surface area (Å²) in [5.41, 5.74) is 0.880. The van der Waals surface area contributed by atoms with Gasteiger partial charge in [0.25, 0.3) is 10.0 Å². The molecule has 5 nitrogen and oxygen atoms in total. The van der Waals surface area contributed by atoms with Crippen LogP contribution in [0.3, 0.4) is 0 Å². The van der Waals surface area contributed by atoms with Crippen LogP contribution in [0.15, 0.2) is 40.7 Å². The lowest BCUT2D eigenvalue weighted by atomic mass is 10.2. The molecule has 0 spiro atoms. The van der Waals surface area contributed by atoms with Crippen LogP contribution in [-0.2, 0) is 16.6 Å². The zero-order valence-corrected chi connectivity index (χ0v) is 12.7. The summed E-state index contributed by atoms with van der Waals surface area (Å²) in [6, 6.07) is 9.31. The van der Waals surface area contributed by atoms with E-state index in [0.717, 1.165) is 16.9 Å². The number of aliphatic hydroxyl groups is 1. The predicted octanol–water partition coefficient (Wildman–Crippen LogP) is 1.63. The van der Waals surface area contributed by atoms with Crippen molar-refractivity contribution in [3.63, 3.8) is 0 Å². The SMILES string of the molecule is Cc1ncc(S(=O)(=O)N(CCO)Cc2ccccc2)s1. The molecule has 108 valence electrons. The van der Waals surface area contributed by atoms with Gasteiger partial charge in [0.2, 0.25) is 0 Å². The molecule has 1 aromatic heterocycles. The number of sulfonamides is 1. The van der Waals surface area contributed by atoms with Crippen LogP contribution in [0.2, 0.25) is 0 Å². The van der Waals surface area contributed by atoms with Crippen LogP contribution in [0.4, 0.5) is 0 Å². The molecule has 0 aliphatic heterocycles. The normalized spacial score (nSPS) is 11.9. The lowest BCUT2D eigenvalue weighted by Crippen LogP contribution is -2.32. The second-order valence-corrected chi connectivity index (χ2v) is 7.65. The fourth-order valence-corrected chi connectivity index (χ4v) is 4.45. The molecule has 1 heterocycles. The Balaban J connectivity index is 2.28. The van der Waals surface area contributed by atoms with E-state index < -0.39 is 10.0 Å². The number of rotatable bonds is 6. The summed E-state index contributed by atoms with van der Waals surface area (Å²) in [5, 5.41) is 9.81. The highest BCUT2D eigenvalue weighted by molar-refractivity contribution is 7.91. The Morgan fingerprint density at radius 3 is 2.55 bits per heavy atom. The van der Waals surface area contributed by atoms with Gasteiger partial charge in [-0.15, -0.1) is 11.3 Å². The van der Waals surface area contributed by atoms with Crippen LogP contribution in [-0.4, -0.2) is 36.0 Å². The van der Waals surface area contributed by atoms with Gasteiger partial charge in [0, 0.05) is 13.1 Å². The highest BCUT2D eigenvalue weighted by Crippen LogP contribution is 2.23. The minimum absolute atomic E-state index is 0.0637. The molecule has 1 aromatic carbocycles. The van der Waals surface area contributed by atoms with Gasteiger partial charge in [-0.05, 0) is 12.5 Å². The number of hydrogen-bond acceptors (Lipinski definition) is 5. The molecule has 0 aliphatic rings. The number of aliphatic hydroxyl groups excluding tert-OH is 1. The van der Waals surface area contributed by atoms with Crippen LogP contribution in [0.1, 0.15) is 10.6 Å². The second-order valence-electron chi connectivity index (χ2n) is 4.25. The average Bonchev–Trinajstić information content (AvgIpc) is 2.87. The third-order valence-electron chi connectivity index (χ3n) is 2.75. The monoisotopic (exact) mass is 312 g/mol. The maximum absolute atomic E-state index is 12.5. The molecule has 0 atom stereocenters. The standard InChI is InChI=1S/C13H16N2O3S2/c1-11-14-9-13(19-11)20(17,18)15(7-8-16)10-12-5-3-2-4-6-12/h2-6,9,16H,7-8,10H2,1H3. The van der Waals surface area contributed by atoms with E-state index in [9.17, 15) is 8.42 Å². The van der Waals surface area contributed by atoms with Gasteiger partial charge in [0.1, 0.15) is 0 Å². The maximum Gasteiger partial charge on any atom is 0.254 e. The molecule has 0 bridgehead atoms. The number of hydrogen-bond donors (Lipinski definition) is 1. The molecule has 1 N–H and O–H groups in total. The number of aromatic nitrogens is 1. The van der Waals surface area contributed by atoms with Gasteiger partial charge in [0.05, 0.1) is 17.8 Å². The topological polar surface area (TPSA) is 70.5 Å². The van der Waals surface area contributed by atoms with Gasteiger partial charge < -0.3 is 5.11 Å². The molecule has 0 aliphatic carbocycles. The Morgan fingerprint density at radius 1 is 1.30 bits per heavy atom. The quantitative estimate of drug-likeness (QED) is 0.880. The van der Waals surface area contributed by atoms with Gasteiger partial charge in [0.15, 0.2) is 4.21 Å². The summed E-state index contributed by atoms with van der Waals surface area (Å²) in [7, 11) is -3.61. The fraction of sp³-hybridized carbons (Fsp3) is 0.308. The smallest absolute Gasteiger partial charge is 0.254 e. The molecule has 20 heavy (non-hydrogen) atoms. The minimum Gasteiger partial charge on any atom is -0.395 e. The number of aryl methyl sites for hydroxylation is 1. The van der Waals surface area contributed by atoms with Gasteiger partial charge in [-0.3, -0.25) is 0 Å². The van der Waals surface area contributed by atoms with Crippen molar-refractivity contribution < 1.29 is 13.5 Å². The molecule has 0 unspecified atom stereocenters. The van der Waals surface area contributed by atoms with E-state index in [1.807, 2.05) is 30.3 Å². The van der Waals surface area contributed by atoms with E-state index in [0.29, 0.717) is 5.01 Å². The molecule has 7 heteroatoms.